The van der Waals surface area contributed by atoms with Crippen molar-refractivity contribution in [2.24, 2.45) is 0 Å². The molecular weight excluding hydrogens is 314 g/mol. The van der Waals surface area contributed by atoms with Crippen molar-refractivity contribution in [1.82, 2.24) is 10.3 Å². The average molecular weight is 337 g/mol. The van der Waals surface area contributed by atoms with Gasteiger partial charge in [-0.2, -0.15) is 0 Å². The number of aromatic nitrogens is 1. The largest absolute Gasteiger partial charge is 0.444 e. The van der Waals surface area contributed by atoms with Gasteiger partial charge in [0.25, 0.3) is 0 Å². The zero-order chi connectivity index (χ0) is 17.0. The molecule has 0 unspecified atom stereocenters. The number of anilines is 1. The van der Waals surface area contributed by atoms with E-state index in [-0.39, 0.29) is 6.04 Å². The monoisotopic (exact) mass is 337 g/mol. The molecule has 1 heterocycles. The van der Waals surface area contributed by atoms with Gasteiger partial charge in [0.05, 0.1) is 19.0 Å². The molecule has 1 atom stereocenters. The van der Waals surface area contributed by atoms with Crippen LogP contribution in [0.4, 0.5) is 5.69 Å². The summed E-state index contributed by atoms with van der Waals surface area (Å²) in [5.41, 5.74) is 1.53. The van der Waals surface area contributed by atoms with Crippen LogP contribution in [0.1, 0.15) is 49.9 Å². The minimum Gasteiger partial charge on any atom is -0.444 e. The van der Waals surface area contributed by atoms with E-state index in [1.54, 1.807) is 12.3 Å². The quantitative estimate of drug-likeness (QED) is 0.811. The van der Waals surface area contributed by atoms with E-state index >= 15 is 0 Å². The molecule has 0 saturated heterocycles. The van der Waals surface area contributed by atoms with Crippen LogP contribution < -0.4 is 10.0 Å². The van der Waals surface area contributed by atoms with E-state index in [1.165, 1.54) is 0 Å². The second-order valence-electron chi connectivity index (χ2n) is 5.91. The average Bonchev–Trinajstić information content (AvgIpc) is 2.92. The van der Waals surface area contributed by atoms with Crippen LogP contribution in [-0.4, -0.2) is 19.7 Å². The van der Waals surface area contributed by atoms with Gasteiger partial charge in [-0.15, -0.1) is 0 Å². The molecule has 0 aliphatic carbocycles. The highest BCUT2D eigenvalue weighted by Gasteiger charge is 2.11. The zero-order valence-electron chi connectivity index (χ0n) is 13.8. The number of nitrogens with zero attached hydrogens (tertiary/aromatic N) is 1. The molecule has 1 aromatic heterocycles. The smallest absolute Gasteiger partial charge is 0.229 e. The third kappa shape index (κ3) is 5.37. The molecule has 2 N–H and O–H groups in total. The summed E-state index contributed by atoms with van der Waals surface area (Å²) in [5, 5.41) is 3.32. The van der Waals surface area contributed by atoms with E-state index in [4.69, 9.17) is 4.42 Å². The summed E-state index contributed by atoms with van der Waals surface area (Å²) in [6.07, 6.45) is 2.89. The predicted octanol–water partition coefficient (Wildman–Crippen LogP) is 3.02. The second kappa shape index (κ2) is 7.14. The molecule has 0 saturated carbocycles. The topological polar surface area (TPSA) is 84.2 Å². The highest BCUT2D eigenvalue weighted by molar-refractivity contribution is 7.92. The molecule has 0 radical (unpaired) electrons. The maximum Gasteiger partial charge on any atom is 0.229 e. The molecule has 0 bridgehead atoms. The number of nitrogens with one attached hydrogen (secondary N) is 2. The summed E-state index contributed by atoms with van der Waals surface area (Å²) in [6, 6.07) is 7.34. The lowest BCUT2D eigenvalue weighted by atomic mass is 10.1. The fraction of sp³-hybridized carbons (Fsp3) is 0.438. The van der Waals surface area contributed by atoms with Crippen molar-refractivity contribution in [3.8, 4) is 0 Å². The van der Waals surface area contributed by atoms with E-state index in [9.17, 15) is 8.42 Å². The Morgan fingerprint density at radius 2 is 2.00 bits per heavy atom. The van der Waals surface area contributed by atoms with Crippen molar-refractivity contribution >= 4 is 15.7 Å². The second-order valence-corrected chi connectivity index (χ2v) is 7.66. The van der Waals surface area contributed by atoms with Crippen molar-refractivity contribution in [1.29, 1.82) is 0 Å². The molecule has 0 fully saturated rings. The maximum absolute atomic E-state index is 11.3. The van der Waals surface area contributed by atoms with Crippen molar-refractivity contribution in [2.75, 3.05) is 11.0 Å². The number of rotatable bonds is 7. The van der Waals surface area contributed by atoms with Gasteiger partial charge in [-0.1, -0.05) is 26.0 Å². The Morgan fingerprint density at radius 1 is 1.26 bits per heavy atom. The van der Waals surface area contributed by atoms with Crippen LogP contribution in [0.5, 0.6) is 0 Å². The first-order valence-corrected chi connectivity index (χ1v) is 9.39. The van der Waals surface area contributed by atoms with E-state index in [1.807, 2.05) is 25.1 Å². The van der Waals surface area contributed by atoms with E-state index in [0.29, 0.717) is 24.0 Å². The summed E-state index contributed by atoms with van der Waals surface area (Å²) in [5.74, 6) is 1.83. The van der Waals surface area contributed by atoms with Crippen molar-refractivity contribution < 1.29 is 12.8 Å². The van der Waals surface area contributed by atoms with Crippen LogP contribution in [-0.2, 0) is 16.6 Å². The Kier molecular flexibility index (Phi) is 5.43. The van der Waals surface area contributed by atoms with Gasteiger partial charge in [-0.3, -0.25) is 4.72 Å². The Labute approximate surface area is 137 Å². The maximum atomic E-state index is 11.3. The van der Waals surface area contributed by atoms with Crippen LogP contribution in [0.25, 0.3) is 0 Å². The molecule has 6 nitrogen and oxygen atoms in total. The highest BCUT2D eigenvalue weighted by Crippen LogP contribution is 2.19. The third-order valence-corrected chi connectivity index (χ3v) is 4.00. The Bertz CT molecular complexity index is 753. The molecule has 7 heteroatoms. The predicted molar refractivity (Wildman–Crippen MR) is 90.8 cm³/mol. The van der Waals surface area contributed by atoms with Gasteiger partial charge in [0.15, 0.2) is 0 Å². The molecule has 126 valence electrons. The van der Waals surface area contributed by atoms with Gasteiger partial charge in [-0.05, 0) is 24.6 Å². The number of hydrogen-bond donors (Lipinski definition) is 2. The third-order valence-electron chi connectivity index (χ3n) is 3.39. The molecule has 0 aliphatic heterocycles. The fourth-order valence-corrected chi connectivity index (χ4v) is 2.67. The Hall–Kier alpha value is -1.86. The van der Waals surface area contributed by atoms with E-state index in [2.05, 4.69) is 28.9 Å². The van der Waals surface area contributed by atoms with Crippen LogP contribution in [0.3, 0.4) is 0 Å². The number of hydrogen-bond acceptors (Lipinski definition) is 5. The molecule has 23 heavy (non-hydrogen) atoms. The van der Waals surface area contributed by atoms with Crippen LogP contribution in [0.15, 0.2) is 34.9 Å². The molecule has 2 aromatic rings. The SMILES string of the molecule is CC(C)c1cnc(CN[C@@H](C)c2cccc(NS(C)(=O)=O)c2)o1. The molecule has 1 aromatic carbocycles. The van der Waals surface area contributed by atoms with Crippen LogP contribution >= 0.6 is 0 Å². The minimum atomic E-state index is -3.28. The van der Waals surface area contributed by atoms with Gasteiger partial charge in [0.2, 0.25) is 15.9 Å². The summed E-state index contributed by atoms with van der Waals surface area (Å²) in [6.45, 7) is 6.63. The summed E-state index contributed by atoms with van der Waals surface area (Å²) in [7, 11) is -3.28. The molecule has 0 amide bonds. The van der Waals surface area contributed by atoms with Gasteiger partial charge >= 0.3 is 0 Å². The lowest BCUT2D eigenvalue weighted by Crippen LogP contribution is -2.18. The lowest BCUT2D eigenvalue weighted by molar-refractivity contribution is 0.411. The molecule has 0 spiro atoms. The summed E-state index contributed by atoms with van der Waals surface area (Å²) in [4.78, 5) is 4.25. The first kappa shape index (κ1) is 17.5. The van der Waals surface area contributed by atoms with E-state index < -0.39 is 10.0 Å². The molecular formula is C16H23N3O3S. The lowest BCUT2D eigenvalue weighted by Gasteiger charge is -2.14. The van der Waals surface area contributed by atoms with Crippen molar-refractivity contribution in [2.45, 2.75) is 39.3 Å². The zero-order valence-corrected chi connectivity index (χ0v) is 14.6. The van der Waals surface area contributed by atoms with Gasteiger partial charge in [-0.25, -0.2) is 13.4 Å². The van der Waals surface area contributed by atoms with Crippen LogP contribution in [0.2, 0.25) is 0 Å². The molecule has 0 aliphatic rings. The number of oxazole rings is 1. The number of benzene rings is 1. The fourth-order valence-electron chi connectivity index (χ4n) is 2.12. The van der Waals surface area contributed by atoms with Gasteiger partial charge in [0.1, 0.15) is 5.76 Å². The minimum absolute atomic E-state index is 0.0331. The first-order valence-electron chi connectivity index (χ1n) is 7.50. The highest BCUT2D eigenvalue weighted by atomic mass is 32.2. The van der Waals surface area contributed by atoms with Gasteiger partial charge < -0.3 is 9.73 Å². The normalized spacial score (nSPS) is 13.3. The standard InChI is InChI=1S/C16H23N3O3S/c1-11(2)15-9-18-16(22-15)10-17-12(3)13-6-5-7-14(8-13)19-23(4,20)21/h5-9,11-12,17,19H,10H2,1-4H3/t12-/m0/s1. The van der Waals surface area contributed by atoms with E-state index in [0.717, 1.165) is 17.6 Å². The summed E-state index contributed by atoms with van der Waals surface area (Å²) < 4.78 is 30.7. The Balaban J connectivity index is 1.99. The van der Waals surface area contributed by atoms with Crippen molar-refractivity contribution in [3.63, 3.8) is 0 Å². The summed E-state index contributed by atoms with van der Waals surface area (Å²) >= 11 is 0. The number of sulfonamides is 1. The molecule has 2 rings (SSSR count). The first-order chi connectivity index (χ1) is 10.7. The van der Waals surface area contributed by atoms with Gasteiger partial charge in [0, 0.05) is 17.6 Å². The van der Waals surface area contributed by atoms with Crippen molar-refractivity contribution in [3.05, 3.63) is 47.7 Å². The Morgan fingerprint density at radius 3 is 2.61 bits per heavy atom. The van der Waals surface area contributed by atoms with Crippen LogP contribution in [0, 0.1) is 0 Å².